The van der Waals surface area contributed by atoms with Crippen LogP contribution >= 0.6 is 0 Å². The molecule has 0 saturated carbocycles. The molecule has 0 spiro atoms. The van der Waals surface area contributed by atoms with Crippen LogP contribution in [0.5, 0.6) is 0 Å². The molecule has 100 valence electrons. The van der Waals surface area contributed by atoms with Crippen LogP contribution in [-0.4, -0.2) is 0 Å². The predicted molar refractivity (Wildman–Crippen MR) is 89.6 cm³/mol. The van der Waals surface area contributed by atoms with Gasteiger partial charge in [0.2, 0.25) is 0 Å². The predicted octanol–water partition coefficient (Wildman–Crippen LogP) is 5.81. The Labute approximate surface area is 121 Å². The minimum atomic E-state index is 1.03. The summed E-state index contributed by atoms with van der Waals surface area (Å²) in [7, 11) is 0. The summed E-state index contributed by atoms with van der Waals surface area (Å²) in [6.07, 6.45) is 3.95. The standard InChI is InChI=1S/C20H20/c1-5-17(11-15(2)3)19-12-16(4)13-20(14-19)18-9-7-6-8-10-18/h5-14H,1-2H2,3-4H3/b17-11+. The van der Waals surface area contributed by atoms with Gasteiger partial charge in [0.15, 0.2) is 0 Å². The third-order valence-electron chi connectivity index (χ3n) is 3.14. The Morgan fingerprint density at radius 1 is 1.00 bits per heavy atom. The van der Waals surface area contributed by atoms with Crippen LogP contribution in [0.3, 0.4) is 0 Å². The van der Waals surface area contributed by atoms with E-state index in [4.69, 9.17) is 0 Å². The lowest BCUT2D eigenvalue weighted by atomic mass is 9.95. The molecule has 0 atom stereocenters. The average Bonchev–Trinajstić information content (AvgIpc) is 2.45. The molecule has 0 aliphatic heterocycles. The van der Waals surface area contributed by atoms with Crippen molar-refractivity contribution in [3.05, 3.63) is 90.5 Å². The molecule has 2 aromatic carbocycles. The quantitative estimate of drug-likeness (QED) is 0.609. The van der Waals surface area contributed by atoms with Crippen molar-refractivity contribution >= 4 is 5.57 Å². The van der Waals surface area contributed by atoms with Gasteiger partial charge in [-0.2, -0.15) is 0 Å². The molecule has 2 rings (SSSR count). The maximum absolute atomic E-state index is 3.95. The number of hydrogen-bond donors (Lipinski definition) is 0. The second-order valence-electron chi connectivity index (χ2n) is 5.10. The van der Waals surface area contributed by atoms with Gasteiger partial charge in [0, 0.05) is 0 Å². The van der Waals surface area contributed by atoms with Gasteiger partial charge in [0.1, 0.15) is 0 Å². The topological polar surface area (TPSA) is 0 Å². The number of hydrogen-bond acceptors (Lipinski definition) is 0. The van der Waals surface area contributed by atoms with Gasteiger partial charge in [-0.3, -0.25) is 0 Å². The number of aryl methyl sites for hydroxylation is 1. The van der Waals surface area contributed by atoms with E-state index >= 15 is 0 Å². The average molecular weight is 260 g/mol. The molecule has 0 heterocycles. The van der Waals surface area contributed by atoms with Crippen molar-refractivity contribution in [3.8, 4) is 11.1 Å². The lowest BCUT2D eigenvalue weighted by molar-refractivity contribution is 1.44. The molecule has 0 aromatic heterocycles. The fourth-order valence-corrected chi connectivity index (χ4v) is 2.27. The lowest BCUT2D eigenvalue weighted by Crippen LogP contribution is -1.87. The summed E-state index contributed by atoms with van der Waals surface area (Å²) in [5, 5.41) is 0. The van der Waals surface area contributed by atoms with Crippen LogP contribution in [0.1, 0.15) is 18.1 Å². The second kappa shape index (κ2) is 6.21. The molecule has 0 fully saturated rings. The fourth-order valence-electron chi connectivity index (χ4n) is 2.27. The zero-order chi connectivity index (χ0) is 14.5. The van der Waals surface area contributed by atoms with Crippen LogP contribution in [0.4, 0.5) is 0 Å². The van der Waals surface area contributed by atoms with E-state index in [1.807, 2.05) is 19.1 Å². The largest absolute Gasteiger partial charge is 0.0984 e. The molecule has 0 aliphatic rings. The van der Waals surface area contributed by atoms with Crippen molar-refractivity contribution in [1.29, 1.82) is 0 Å². The van der Waals surface area contributed by atoms with E-state index in [2.05, 4.69) is 68.6 Å². The monoisotopic (exact) mass is 260 g/mol. The molecule has 0 radical (unpaired) electrons. The first-order chi connectivity index (χ1) is 9.60. The van der Waals surface area contributed by atoms with Crippen LogP contribution < -0.4 is 0 Å². The number of allylic oxidation sites excluding steroid dienone is 4. The highest BCUT2D eigenvalue weighted by molar-refractivity contribution is 5.79. The van der Waals surface area contributed by atoms with E-state index in [1.54, 1.807) is 0 Å². The normalized spacial score (nSPS) is 11.2. The summed E-state index contributed by atoms with van der Waals surface area (Å²) in [5.41, 5.74) is 7.03. The summed E-state index contributed by atoms with van der Waals surface area (Å²) >= 11 is 0. The maximum atomic E-state index is 3.95. The molecule has 0 N–H and O–H groups in total. The van der Waals surface area contributed by atoms with Crippen molar-refractivity contribution in [3.63, 3.8) is 0 Å². The Hall–Kier alpha value is -2.34. The number of benzene rings is 2. The molecule has 0 saturated heterocycles. The SMILES string of the molecule is C=C/C(=C\C(=C)C)c1cc(C)cc(-c2ccccc2)c1. The Kier molecular flexibility index (Phi) is 4.37. The first kappa shape index (κ1) is 14.1. The van der Waals surface area contributed by atoms with E-state index in [0.717, 1.165) is 11.1 Å². The fraction of sp³-hybridized carbons (Fsp3) is 0.100. The molecule has 0 amide bonds. The zero-order valence-corrected chi connectivity index (χ0v) is 12.2. The molecule has 20 heavy (non-hydrogen) atoms. The van der Waals surface area contributed by atoms with Crippen LogP contribution in [0.15, 0.2) is 79.4 Å². The zero-order valence-electron chi connectivity index (χ0n) is 12.2. The second-order valence-corrected chi connectivity index (χ2v) is 5.10. The molecule has 2 aromatic rings. The van der Waals surface area contributed by atoms with E-state index in [-0.39, 0.29) is 0 Å². The summed E-state index contributed by atoms with van der Waals surface area (Å²) in [4.78, 5) is 0. The third-order valence-corrected chi connectivity index (χ3v) is 3.14. The highest BCUT2D eigenvalue weighted by atomic mass is 14.1. The minimum Gasteiger partial charge on any atom is -0.0984 e. The van der Waals surface area contributed by atoms with Crippen molar-refractivity contribution in [2.75, 3.05) is 0 Å². The molecule has 0 heteroatoms. The van der Waals surface area contributed by atoms with Gasteiger partial charge in [0.05, 0.1) is 0 Å². The smallest absolute Gasteiger partial charge is 0.0175 e. The molecular weight excluding hydrogens is 240 g/mol. The van der Waals surface area contributed by atoms with Crippen molar-refractivity contribution in [1.82, 2.24) is 0 Å². The summed E-state index contributed by atoms with van der Waals surface area (Å²) < 4.78 is 0. The summed E-state index contributed by atoms with van der Waals surface area (Å²) in [6.45, 7) is 12.0. The number of rotatable bonds is 4. The molecule has 0 aliphatic carbocycles. The van der Waals surface area contributed by atoms with Gasteiger partial charge in [0.25, 0.3) is 0 Å². The Morgan fingerprint density at radius 2 is 1.70 bits per heavy atom. The summed E-state index contributed by atoms with van der Waals surface area (Å²) in [5.74, 6) is 0. The first-order valence-corrected chi connectivity index (χ1v) is 6.77. The highest BCUT2D eigenvalue weighted by Crippen LogP contribution is 2.26. The van der Waals surface area contributed by atoms with Crippen LogP contribution in [0, 0.1) is 6.92 Å². The molecule has 0 nitrogen and oxygen atoms in total. The van der Waals surface area contributed by atoms with Gasteiger partial charge in [-0.05, 0) is 47.7 Å². The van der Waals surface area contributed by atoms with Gasteiger partial charge >= 0.3 is 0 Å². The third kappa shape index (κ3) is 3.36. The molecular formula is C20H20. The van der Waals surface area contributed by atoms with Gasteiger partial charge in [-0.15, -0.1) is 0 Å². The maximum Gasteiger partial charge on any atom is -0.0175 e. The van der Waals surface area contributed by atoms with Gasteiger partial charge in [-0.1, -0.05) is 73.3 Å². The van der Waals surface area contributed by atoms with E-state index in [1.165, 1.54) is 22.3 Å². The summed E-state index contributed by atoms with van der Waals surface area (Å²) in [6, 6.07) is 17.0. The van der Waals surface area contributed by atoms with Gasteiger partial charge < -0.3 is 0 Å². The van der Waals surface area contributed by atoms with Gasteiger partial charge in [-0.25, -0.2) is 0 Å². The van der Waals surface area contributed by atoms with Crippen LogP contribution in [-0.2, 0) is 0 Å². The highest BCUT2D eigenvalue weighted by Gasteiger charge is 2.03. The van der Waals surface area contributed by atoms with Crippen LogP contribution in [0.25, 0.3) is 16.7 Å². The Bertz CT molecular complexity index is 658. The molecule has 0 unspecified atom stereocenters. The minimum absolute atomic E-state index is 1.03. The lowest BCUT2D eigenvalue weighted by Gasteiger charge is -2.09. The van der Waals surface area contributed by atoms with Crippen molar-refractivity contribution in [2.24, 2.45) is 0 Å². The van der Waals surface area contributed by atoms with Crippen molar-refractivity contribution in [2.45, 2.75) is 13.8 Å². The van der Waals surface area contributed by atoms with E-state index < -0.39 is 0 Å². The Balaban J connectivity index is 2.54. The van der Waals surface area contributed by atoms with Crippen LogP contribution in [0.2, 0.25) is 0 Å². The Morgan fingerprint density at radius 3 is 2.30 bits per heavy atom. The molecule has 0 bridgehead atoms. The van der Waals surface area contributed by atoms with Crippen molar-refractivity contribution < 1.29 is 0 Å². The first-order valence-electron chi connectivity index (χ1n) is 6.77. The van der Waals surface area contributed by atoms with E-state index in [9.17, 15) is 0 Å². The van der Waals surface area contributed by atoms with E-state index in [0.29, 0.717) is 0 Å².